The quantitative estimate of drug-likeness (QED) is 0.492. The molecule has 0 amide bonds. The van der Waals surface area contributed by atoms with E-state index < -0.39 is 11.6 Å². The molecular weight excluding hydrogens is 268 g/mol. The van der Waals surface area contributed by atoms with Crippen molar-refractivity contribution in [3.63, 3.8) is 0 Å². The molecule has 0 N–H and O–H groups in total. The molecule has 1 aromatic carbocycles. The van der Waals surface area contributed by atoms with Gasteiger partial charge in [-0.3, -0.25) is 9.59 Å². The third-order valence-corrected chi connectivity index (χ3v) is 2.70. The van der Waals surface area contributed by atoms with Crippen LogP contribution in [0.2, 0.25) is 0 Å². The molecule has 5 heteroatoms. The zero-order valence-electron chi connectivity index (χ0n) is 12.4. The zero-order valence-corrected chi connectivity index (χ0v) is 12.4. The molecule has 110 valence electrons. The zero-order chi connectivity index (χ0) is 15.5. The van der Waals surface area contributed by atoms with Crippen molar-refractivity contribution in [2.75, 3.05) is 0 Å². The van der Waals surface area contributed by atoms with Crippen LogP contribution in [0.5, 0.6) is 0 Å². The normalized spacial score (nSPS) is 11.2. The number of carbonyl (C=O) groups is 2. The van der Waals surface area contributed by atoms with Gasteiger partial charge in [-0.05, 0) is 32.9 Å². The van der Waals surface area contributed by atoms with E-state index in [0.717, 1.165) is 5.69 Å². The van der Waals surface area contributed by atoms with Gasteiger partial charge in [0.2, 0.25) is 0 Å². The predicted octanol–water partition coefficient (Wildman–Crippen LogP) is 2.79. The molecule has 0 aliphatic heterocycles. The second-order valence-electron chi connectivity index (χ2n) is 5.71. The second-order valence-corrected chi connectivity index (χ2v) is 5.71. The Kier molecular flexibility index (Phi) is 4.21. The molecule has 0 saturated heterocycles. The number of aromatic nitrogens is 2. The van der Waals surface area contributed by atoms with Gasteiger partial charge >= 0.3 is 5.97 Å². The lowest BCUT2D eigenvalue weighted by molar-refractivity contribution is -0.153. The summed E-state index contributed by atoms with van der Waals surface area (Å²) in [5.41, 5.74) is 0.713. The van der Waals surface area contributed by atoms with Crippen LogP contribution >= 0.6 is 0 Å². The Morgan fingerprint density at radius 3 is 2.67 bits per heavy atom. The van der Waals surface area contributed by atoms with Gasteiger partial charge in [-0.2, -0.15) is 0 Å². The Morgan fingerprint density at radius 1 is 1.29 bits per heavy atom. The Hall–Kier alpha value is -2.43. The summed E-state index contributed by atoms with van der Waals surface area (Å²) < 4.78 is 6.95. The summed E-state index contributed by atoms with van der Waals surface area (Å²) in [4.78, 5) is 27.8. The SMILES string of the molecule is CC(C)(C)OC(=O)CC(=O)c1cccc(-n2ccnc2)c1. The van der Waals surface area contributed by atoms with Gasteiger partial charge in [0.1, 0.15) is 12.0 Å². The minimum absolute atomic E-state index is 0.258. The van der Waals surface area contributed by atoms with Crippen molar-refractivity contribution in [1.82, 2.24) is 9.55 Å². The van der Waals surface area contributed by atoms with Crippen LogP contribution in [0.1, 0.15) is 37.6 Å². The molecule has 0 fully saturated rings. The van der Waals surface area contributed by atoms with Gasteiger partial charge < -0.3 is 9.30 Å². The molecule has 2 rings (SSSR count). The lowest BCUT2D eigenvalue weighted by Crippen LogP contribution is -2.25. The van der Waals surface area contributed by atoms with Crippen LogP contribution in [0.4, 0.5) is 0 Å². The summed E-state index contributed by atoms with van der Waals surface area (Å²) in [6.07, 6.45) is 4.84. The van der Waals surface area contributed by atoms with E-state index in [9.17, 15) is 9.59 Å². The lowest BCUT2D eigenvalue weighted by Gasteiger charge is -2.19. The molecular formula is C16H18N2O3. The number of carbonyl (C=O) groups excluding carboxylic acids is 2. The first-order chi connectivity index (χ1) is 9.85. The van der Waals surface area contributed by atoms with Crippen molar-refractivity contribution in [2.45, 2.75) is 32.8 Å². The molecule has 21 heavy (non-hydrogen) atoms. The lowest BCUT2D eigenvalue weighted by atomic mass is 10.1. The third-order valence-electron chi connectivity index (χ3n) is 2.70. The van der Waals surface area contributed by atoms with E-state index in [1.165, 1.54) is 0 Å². The van der Waals surface area contributed by atoms with Crippen molar-refractivity contribution >= 4 is 11.8 Å². The number of hydrogen-bond acceptors (Lipinski definition) is 4. The molecule has 0 aliphatic carbocycles. The number of imidazole rings is 1. The van der Waals surface area contributed by atoms with Crippen molar-refractivity contribution in [3.05, 3.63) is 48.5 Å². The summed E-state index contributed by atoms with van der Waals surface area (Å²) in [6, 6.07) is 7.06. The maximum atomic E-state index is 12.1. The average molecular weight is 286 g/mol. The van der Waals surface area contributed by atoms with E-state index >= 15 is 0 Å². The maximum absolute atomic E-state index is 12.1. The Bertz CT molecular complexity index is 640. The third kappa shape index (κ3) is 4.27. The highest BCUT2D eigenvalue weighted by Gasteiger charge is 2.19. The molecule has 1 heterocycles. The molecule has 0 radical (unpaired) electrons. The summed E-state index contributed by atoms with van der Waals surface area (Å²) in [5.74, 6) is -0.772. The number of ketones is 1. The molecule has 0 unspecified atom stereocenters. The fourth-order valence-electron chi connectivity index (χ4n) is 1.86. The van der Waals surface area contributed by atoms with E-state index in [4.69, 9.17) is 4.74 Å². The first-order valence-electron chi connectivity index (χ1n) is 6.68. The Balaban J connectivity index is 2.10. The topological polar surface area (TPSA) is 61.2 Å². The largest absolute Gasteiger partial charge is 0.460 e. The summed E-state index contributed by atoms with van der Waals surface area (Å²) in [6.45, 7) is 5.32. The Labute approximate surface area is 123 Å². The highest BCUT2D eigenvalue weighted by Crippen LogP contribution is 2.14. The van der Waals surface area contributed by atoms with Crippen LogP contribution in [-0.2, 0) is 9.53 Å². The maximum Gasteiger partial charge on any atom is 0.314 e. The minimum atomic E-state index is -0.587. The van der Waals surface area contributed by atoms with E-state index in [1.807, 2.05) is 6.07 Å². The van der Waals surface area contributed by atoms with Gasteiger partial charge in [0, 0.05) is 23.6 Å². The van der Waals surface area contributed by atoms with Crippen LogP contribution in [0.3, 0.4) is 0 Å². The van der Waals surface area contributed by atoms with Gasteiger partial charge in [-0.1, -0.05) is 12.1 Å². The first kappa shape index (κ1) is 15.0. The molecule has 0 saturated carbocycles. The van der Waals surface area contributed by atoms with E-state index in [2.05, 4.69) is 4.98 Å². The number of hydrogen-bond donors (Lipinski definition) is 0. The molecule has 0 atom stereocenters. The predicted molar refractivity (Wildman–Crippen MR) is 78.4 cm³/mol. The van der Waals surface area contributed by atoms with Crippen molar-refractivity contribution in [1.29, 1.82) is 0 Å². The minimum Gasteiger partial charge on any atom is -0.460 e. The van der Waals surface area contributed by atoms with Crippen LogP contribution < -0.4 is 0 Å². The first-order valence-corrected chi connectivity index (χ1v) is 6.68. The number of ether oxygens (including phenoxy) is 1. The van der Waals surface area contributed by atoms with E-state index in [-0.39, 0.29) is 12.2 Å². The smallest absolute Gasteiger partial charge is 0.314 e. The Morgan fingerprint density at radius 2 is 2.05 bits per heavy atom. The average Bonchev–Trinajstić information content (AvgIpc) is 2.90. The van der Waals surface area contributed by atoms with Crippen LogP contribution in [-0.4, -0.2) is 26.9 Å². The number of rotatable bonds is 4. The van der Waals surface area contributed by atoms with Crippen molar-refractivity contribution in [3.8, 4) is 5.69 Å². The molecule has 0 bridgehead atoms. The van der Waals surface area contributed by atoms with Gasteiger partial charge in [0.15, 0.2) is 5.78 Å². The van der Waals surface area contributed by atoms with Crippen LogP contribution in [0.25, 0.3) is 5.69 Å². The van der Waals surface area contributed by atoms with Crippen molar-refractivity contribution in [2.24, 2.45) is 0 Å². The van der Waals surface area contributed by atoms with Gasteiger partial charge in [-0.25, -0.2) is 4.98 Å². The molecule has 2 aromatic rings. The number of nitrogens with zero attached hydrogens (tertiary/aromatic N) is 2. The molecule has 1 aromatic heterocycles. The number of esters is 1. The molecule has 0 aliphatic rings. The summed E-state index contributed by atoms with van der Waals surface area (Å²) in [7, 11) is 0. The fourth-order valence-corrected chi connectivity index (χ4v) is 1.86. The van der Waals surface area contributed by atoms with E-state index in [1.54, 1.807) is 62.3 Å². The summed E-state index contributed by atoms with van der Waals surface area (Å²) in [5, 5.41) is 0. The van der Waals surface area contributed by atoms with Gasteiger partial charge in [0.25, 0.3) is 0 Å². The van der Waals surface area contributed by atoms with E-state index in [0.29, 0.717) is 5.56 Å². The highest BCUT2D eigenvalue weighted by molar-refractivity contribution is 6.06. The van der Waals surface area contributed by atoms with Crippen molar-refractivity contribution < 1.29 is 14.3 Å². The summed E-state index contributed by atoms with van der Waals surface area (Å²) >= 11 is 0. The van der Waals surface area contributed by atoms with Crippen LogP contribution in [0, 0.1) is 0 Å². The standard InChI is InChI=1S/C16H18N2O3/c1-16(2,3)21-15(20)10-14(19)12-5-4-6-13(9-12)18-8-7-17-11-18/h4-9,11H,10H2,1-3H3. The number of benzene rings is 1. The number of Topliss-reactive ketones (excluding diaryl/α,β-unsaturated/α-hetero) is 1. The van der Waals surface area contributed by atoms with Gasteiger partial charge in [0.05, 0.1) is 6.33 Å². The highest BCUT2D eigenvalue weighted by atomic mass is 16.6. The van der Waals surface area contributed by atoms with Crippen LogP contribution in [0.15, 0.2) is 43.0 Å². The molecule has 0 spiro atoms. The fraction of sp³-hybridized carbons (Fsp3) is 0.312. The monoisotopic (exact) mass is 286 g/mol. The molecule has 5 nitrogen and oxygen atoms in total. The van der Waals surface area contributed by atoms with Gasteiger partial charge in [-0.15, -0.1) is 0 Å². The second kappa shape index (κ2) is 5.91.